The second kappa shape index (κ2) is 1.46. The van der Waals surface area contributed by atoms with Crippen molar-refractivity contribution in [3.63, 3.8) is 0 Å². The van der Waals surface area contributed by atoms with Crippen molar-refractivity contribution in [2.75, 3.05) is 6.26 Å². The van der Waals surface area contributed by atoms with E-state index in [4.69, 9.17) is 0 Å². The van der Waals surface area contributed by atoms with Gasteiger partial charge in [-0.1, -0.05) is 15.9 Å². The molecule has 58 valence electrons. The number of alkyl halides is 1. The predicted molar refractivity (Wildman–Crippen MR) is 43.1 cm³/mol. The summed E-state index contributed by atoms with van der Waals surface area (Å²) in [6, 6.07) is 0. The molecular formula is C6H9BrO2S. The van der Waals surface area contributed by atoms with Gasteiger partial charge in [0.15, 0.2) is 9.84 Å². The lowest BCUT2D eigenvalue weighted by Crippen LogP contribution is -2.71. The van der Waals surface area contributed by atoms with Crippen molar-refractivity contribution in [1.82, 2.24) is 0 Å². The molecule has 0 amide bonds. The molecule has 0 aromatic carbocycles. The average molecular weight is 225 g/mol. The van der Waals surface area contributed by atoms with Crippen LogP contribution >= 0.6 is 15.9 Å². The molecule has 0 N–H and O–H groups in total. The quantitative estimate of drug-likeness (QED) is 0.626. The van der Waals surface area contributed by atoms with Crippen molar-refractivity contribution >= 4 is 25.8 Å². The smallest absolute Gasteiger partial charge is 0.153 e. The third-order valence-electron chi connectivity index (χ3n) is 2.70. The lowest BCUT2D eigenvalue weighted by Gasteiger charge is -2.66. The molecular weight excluding hydrogens is 216 g/mol. The summed E-state index contributed by atoms with van der Waals surface area (Å²) in [5, 5.41) is 0. The van der Waals surface area contributed by atoms with Gasteiger partial charge in [-0.2, -0.15) is 0 Å². The van der Waals surface area contributed by atoms with E-state index >= 15 is 0 Å². The van der Waals surface area contributed by atoms with Crippen LogP contribution in [0, 0.1) is 0 Å². The number of sulfone groups is 1. The molecule has 0 spiro atoms. The summed E-state index contributed by atoms with van der Waals surface area (Å²) in [6.07, 6.45) is 3.84. The standard InChI is InChI=1S/C6H9BrO2S/c1-10(8,9)6-2-5(7,3-6)4-6/h2-4H2,1H3. The van der Waals surface area contributed by atoms with E-state index in [1.807, 2.05) is 0 Å². The second-order valence-corrected chi connectivity index (χ2v) is 7.73. The largest absolute Gasteiger partial charge is 0.229 e. The van der Waals surface area contributed by atoms with Crippen LogP contribution in [0.25, 0.3) is 0 Å². The average Bonchev–Trinajstić information content (AvgIpc) is 1.51. The molecule has 0 aromatic heterocycles. The fraction of sp³-hybridized carbons (Fsp3) is 1.00. The Labute approximate surface area is 69.0 Å². The maximum absolute atomic E-state index is 11.1. The maximum atomic E-state index is 11.1. The van der Waals surface area contributed by atoms with Gasteiger partial charge in [-0.3, -0.25) is 0 Å². The van der Waals surface area contributed by atoms with Gasteiger partial charge in [-0.25, -0.2) is 8.42 Å². The van der Waals surface area contributed by atoms with E-state index in [9.17, 15) is 8.42 Å². The molecule has 0 atom stereocenters. The van der Waals surface area contributed by atoms with Gasteiger partial charge >= 0.3 is 0 Å². The Morgan fingerprint density at radius 2 is 1.70 bits per heavy atom. The van der Waals surface area contributed by atoms with Crippen molar-refractivity contribution in [2.45, 2.75) is 28.3 Å². The Balaban J connectivity index is 2.27. The van der Waals surface area contributed by atoms with E-state index in [2.05, 4.69) is 15.9 Å². The number of hydrogen-bond acceptors (Lipinski definition) is 2. The minimum atomic E-state index is -2.77. The van der Waals surface area contributed by atoms with Gasteiger partial charge in [-0.15, -0.1) is 0 Å². The van der Waals surface area contributed by atoms with E-state index in [-0.39, 0.29) is 9.07 Å². The first-order chi connectivity index (χ1) is 4.37. The molecule has 4 heteroatoms. The van der Waals surface area contributed by atoms with E-state index < -0.39 is 9.84 Å². The van der Waals surface area contributed by atoms with Crippen LogP contribution in [-0.4, -0.2) is 23.7 Å². The highest BCUT2D eigenvalue weighted by atomic mass is 79.9. The van der Waals surface area contributed by atoms with Crippen LogP contribution in [0.5, 0.6) is 0 Å². The van der Waals surface area contributed by atoms with Gasteiger partial charge in [0, 0.05) is 10.6 Å². The van der Waals surface area contributed by atoms with Crippen LogP contribution in [0.1, 0.15) is 19.3 Å². The third-order valence-corrected chi connectivity index (χ3v) is 5.55. The van der Waals surface area contributed by atoms with Crippen molar-refractivity contribution in [2.24, 2.45) is 0 Å². The molecule has 0 saturated heterocycles. The molecule has 0 aromatic rings. The molecule has 3 saturated carbocycles. The van der Waals surface area contributed by atoms with Crippen LogP contribution in [0.15, 0.2) is 0 Å². The first-order valence-electron chi connectivity index (χ1n) is 3.26. The Morgan fingerprint density at radius 1 is 1.30 bits per heavy atom. The van der Waals surface area contributed by atoms with Gasteiger partial charge in [0.25, 0.3) is 0 Å². The summed E-state index contributed by atoms with van der Waals surface area (Å²) >= 11 is 3.49. The first-order valence-corrected chi connectivity index (χ1v) is 5.94. The monoisotopic (exact) mass is 224 g/mol. The Bertz CT molecular complexity index is 260. The molecule has 0 aliphatic heterocycles. The first kappa shape index (κ1) is 7.10. The Kier molecular flexibility index (Phi) is 1.04. The van der Waals surface area contributed by atoms with Crippen LogP contribution in [0.4, 0.5) is 0 Å². The van der Waals surface area contributed by atoms with E-state index in [1.54, 1.807) is 0 Å². The van der Waals surface area contributed by atoms with Crippen LogP contribution in [-0.2, 0) is 9.84 Å². The molecule has 3 aliphatic carbocycles. The van der Waals surface area contributed by atoms with Gasteiger partial charge < -0.3 is 0 Å². The highest BCUT2D eigenvalue weighted by Gasteiger charge is 2.71. The summed E-state index contributed by atoms with van der Waals surface area (Å²) in [6.45, 7) is 0. The zero-order valence-electron chi connectivity index (χ0n) is 5.72. The Hall–Kier alpha value is 0.430. The molecule has 10 heavy (non-hydrogen) atoms. The zero-order valence-corrected chi connectivity index (χ0v) is 8.13. The van der Waals surface area contributed by atoms with Crippen molar-refractivity contribution in [1.29, 1.82) is 0 Å². The minimum Gasteiger partial charge on any atom is -0.229 e. The van der Waals surface area contributed by atoms with Gasteiger partial charge in [0.2, 0.25) is 0 Å². The van der Waals surface area contributed by atoms with E-state index in [0.29, 0.717) is 0 Å². The van der Waals surface area contributed by atoms with E-state index in [0.717, 1.165) is 19.3 Å². The Morgan fingerprint density at radius 3 is 1.80 bits per heavy atom. The van der Waals surface area contributed by atoms with Gasteiger partial charge in [0.05, 0.1) is 4.75 Å². The van der Waals surface area contributed by atoms with Crippen LogP contribution in [0.3, 0.4) is 0 Å². The molecule has 0 radical (unpaired) electrons. The lowest BCUT2D eigenvalue weighted by atomic mass is 9.55. The highest BCUT2D eigenvalue weighted by molar-refractivity contribution is 9.10. The van der Waals surface area contributed by atoms with Crippen molar-refractivity contribution in [3.8, 4) is 0 Å². The summed E-state index contributed by atoms with van der Waals surface area (Å²) in [7, 11) is -2.77. The third kappa shape index (κ3) is 0.619. The van der Waals surface area contributed by atoms with Crippen LogP contribution in [0.2, 0.25) is 0 Å². The SMILES string of the molecule is CS(=O)(=O)C12CC(Br)(C1)C2. The topological polar surface area (TPSA) is 34.1 Å². The molecule has 0 heterocycles. The molecule has 3 fully saturated rings. The summed E-state index contributed by atoms with van der Waals surface area (Å²) < 4.78 is 22.1. The van der Waals surface area contributed by atoms with Crippen molar-refractivity contribution < 1.29 is 8.42 Å². The number of rotatable bonds is 1. The van der Waals surface area contributed by atoms with Gasteiger partial charge in [-0.05, 0) is 19.3 Å². The second-order valence-electron chi connectivity index (χ2n) is 3.64. The summed E-state index contributed by atoms with van der Waals surface area (Å²) in [4.78, 5) is 0. The number of halogens is 1. The predicted octanol–water partition coefficient (Wildman–Crippen LogP) is 1.10. The minimum absolute atomic E-state index is 0.218. The zero-order chi connectivity index (χ0) is 7.62. The molecule has 2 bridgehead atoms. The van der Waals surface area contributed by atoms with Gasteiger partial charge in [0.1, 0.15) is 0 Å². The number of hydrogen-bond donors (Lipinski definition) is 0. The molecule has 2 nitrogen and oxygen atoms in total. The summed E-state index contributed by atoms with van der Waals surface area (Å²) in [5.74, 6) is 0. The normalized spacial score (nSPS) is 51.4. The van der Waals surface area contributed by atoms with Crippen molar-refractivity contribution in [3.05, 3.63) is 0 Å². The highest BCUT2D eigenvalue weighted by Crippen LogP contribution is 2.69. The fourth-order valence-electron chi connectivity index (χ4n) is 1.97. The molecule has 3 aliphatic rings. The lowest BCUT2D eigenvalue weighted by molar-refractivity contribution is 0.0942. The van der Waals surface area contributed by atoms with E-state index in [1.165, 1.54) is 6.26 Å². The molecule has 0 unspecified atom stereocenters. The fourth-order valence-corrected chi connectivity index (χ4v) is 5.75. The summed E-state index contributed by atoms with van der Waals surface area (Å²) in [5.41, 5.74) is 0. The molecule has 3 rings (SSSR count). The maximum Gasteiger partial charge on any atom is 0.153 e. The van der Waals surface area contributed by atoms with Crippen LogP contribution < -0.4 is 0 Å².